The van der Waals surface area contributed by atoms with Gasteiger partial charge in [0, 0.05) is 44.3 Å². The van der Waals surface area contributed by atoms with Crippen LogP contribution >= 0.6 is 0 Å². The number of nitrogens with two attached hydrogens (primary N) is 2. The predicted molar refractivity (Wildman–Crippen MR) is 132 cm³/mol. The van der Waals surface area contributed by atoms with E-state index in [1.54, 1.807) is 14.0 Å². The summed E-state index contributed by atoms with van der Waals surface area (Å²) in [5.41, 5.74) is 15.2. The van der Waals surface area contributed by atoms with Crippen LogP contribution in [0.15, 0.2) is 40.0 Å². The first-order valence-corrected chi connectivity index (χ1v) is 11.4. The van der Waals surface area contributed by atoms with E-state index in [1.807, 2.05) is 31.2 Å². The smallest absolute Gasteiger partial charge is 0.252 e. The number of benzene rings is 1. The van der Waals surface area contributed by atoms with Crippen LogP contribution in [0.3, 0.4) is 0 Å². The van der Waals surface area contributed by atoms with Gasteiger partial charge in [0.1, 0.15) is 5.75 Å². The van der Waals surface area contributed by atoms with E-state index in [0.717, 1.165) is 41.7 Å². The predicted octanol–water partition coefficient (Wildman–Crippen LogP) is 3.90. The number of carbonyl (C=O) groups is 1. The van der Waals surface area contributed by atoms with Gasteiger partial charge in [0.05, 0.1) is 17.9 Å². The summed E-state index contributed by atoms with van der Waals surface area (Å²) in [6.07, 6.45) is 7.32. The fourth-order valence-corrected chi connectivity index (χ4v) is 4.01. The topological polar surface area (TPSA) is 112 Å². The third-order valence-electron chi connectivity index (χ3n) is 5.58. The molecule has 1 aromatic rings. The first kappa shape index (κ1) is 25.5. The summed E-state index contributed by atoms with van der Waals surface area (Å²) in [6, 6.07) is 5.82. The Morgan fingerprint density at radius 1 is 1.25 bits per heavy atom. The van der Waals surface area contributed by atoms with E-state index in [4.69, 9.17) is 20.9 Å². The van der Waals surface area contributed by atoms with Crippen molar-refractivity contribution in [3.8, 4) is 5.75 Å². The van der Waals surface area contributed by atoms with E-state index in [9.17, 15) is 4.79 Å². The van der Waals surface area contributed by atoms with E-state index in [0.29, 0.717) is 24.6 Å². The monoisotopic (exact) mass is 442 g/mol. The van der Waals surface area contributed by atoms with E-state index in [-0.39, 0.29) is 5.57 Å². The zero-order valence-electron chi connectivity index (χ0n) is 19.9. The van der Waals surface area contributed by atoms with Crippen LogP contribution in [0.25, 0.3) is 6.08 Å². The number of carbonyl (C=O) groups excluding carboxylic acids is 1. The number of aliphatic imine (C=N–C) groups is 1. The molecule has 0 unspecified atom stereocenters. The third kappa shape index (κ3) is 7.12. The van der Waals surface area contributed by atoms with Crippen molar-refractivity contribution in [1.82, 2.24) is 0 Å². The second kappa shape index (κ2) is 12.9. The Labute approximate surface area is 191 Å². The number of nitrogens with zero attached hydrogens (tertiary/aromatic N) is 1. The maximum atomic E-state index is 11.7. The lowest BCUT2D eigenvalue weighted by Gasteiger charge is -2.21. The molecule has 0 aliphatic carbocycles. The Bertz CT molecular complexity index is 861. The van der Waals surface area contributed by atoms with E-state index < -0.39 is 5.91 Å². The molecule has 7 nitrogen and oxygen atoms in total. The van der Waals surface area contributed by atoms with Crippen LogP contribution in [-0.4, -0.2) is 45.0 Å². The summed E-state index contributed by atoms with van der Waals surface area (Å²) in [6.45, 7) is 9.01. The van der Waals surface area contributed by atoms with Crippen molar-refractivity contribution in [2.24, 2.45) is 22.4 Å². The van der Waals surface area contributed by atoms with Crippen LogP contribution in [0, 0.1) is 5.92 Å². The number of rotatable bonds is 7. The van der Waals surface area contributed by atoms with Crippen LogP contribution < -0.4 is 21.5 Å². The number of hydrogen-bond donors (Lipinski definition) is 3. The minimum absolute atomic E-state index is 0.259. The molecule has 7 heteroatoms. The first-order chi connectivity index (χ1) is 15.4. The molecule has 1 aromatic carbocycles. The Balaban J connectivity index is 0.000000336. The van der Waals surface area contributed by atoms with Crippen molar-refractivity contribution in [2.75, 3.05) is 38.7 Å². The average molecular weight is 443 g/mol. The van der Waals surface area contributed by atoms with Gasteiger partial charge in [-0.05, 0) is 62.0 Å². The number of fused-ring (bicyclic) bond motifs is 1. The van der Waals surface area contributed by atoms with Crippen LogP contribution in [0.1, 0.15) is 52.0 Å². The zero-order valence-corrected chi connectivity index (χ0v) is 19.9. The summed E-state index contributed by atoms with van der Waals surface area (Å²) in [4.78, 5) is 15.9. The number of amides is 1. The molecule has 3 rings (SSSR count). The van der Waals surface area contributed by atoms with Gasteiger partial charge in [-0.2, -0.15) is 0 Å². The standard InChI is InChI=1S/C17H22N4O2.C8H16O/c1-4-23-13-6-5-11-7-12(9-21-14(11)8-13)16(20-3)15(10(2)18)17(19)22;1-2-3-8-4-6-9-7-5-8/h5-8,21H,4,9,18H2,1-3H3,(H2,19,22);8H,2-7H2,1H3/b15-10-,20-16?;. The van der Waals surface area contributed by atoms with Crippen molar-refractivity contribution in [2.45, 2.75) is 46.5 Å². The molecule has 2 heterocycles. The molecule has 2 aliphatic heterocycles. The summed E-state index contributed by atoms with van der Waals surface area (Å²) in [7, 11) is 1.62. The van der Waals surface area contributed by atoms with Crippen LogP contribution in [0.5, 0.6) is 5.75 Å². The molecule has 0 bridgehead atoms. The van der Waals surface area contributed by atoms with Gasteiger partial charge in [-0.3, -0.25) is 9.79 Å². The maximum absolute atomic E-state index is 11.7. The normalized spacial score (nSPS) is 17.1. The highest BCUT2D eigenvalue weighted by molar-refractivity contribution is 6.29. The van der Waals surface area contributed by atoms with Gasteiger partial charge in [-0.25, -0.2) is 0 Å². The largest absolute Gasteiger partial charge is 0.494 e. The Hall–Kier alpha value is -2.80. The Morgan fingerprint density at radius 2 is 1.97 bits per heavy atom. The van der Waals surface area contributed by atoms with Gasteiger partial charge in [0.25, 0.3) is 5.91 Å². The number of nitrogens with one attached hydrogen (secondary N) is 1. The van der Waals surface area contributed by atoms with Crippen LogP contribution in [0.2, 0.25) is 0 Å². The van der Waals surface area contributed by atoms with Gasteiger partial charge >= 0.3 is 0 Å². The zero-order chi connectivity index (χ0) is 23.5. The summed E-state index contributed by atoms with van der Waals surface area (Å²) < 4.78 is 10.7. The number of anilines is 1. The summed E-state index contributed by atoms with van der Waals surface area (Å²) in [5.74, 6) is 1.21. The number of ether oxygens (including phenoxy) is 2. The summed E-state index contributed by atoms with van der Waals surface area (Å²) >= 11 is 0. The highest BCUT2D eigenvalue weighted by Gasteiger charge is 2.22. The van der Waals surface area contributed by atoms with E-state index in [2.05, 4.69) is 17.2 Å². The summed E-state index contributed by atoms with van der Waals surface area (Å²) in [5, 5.41) is 3.31. The maximum Gasteiger partial charge on any atom is 0.252 e. The van der Waals surface area contributed by atoms with Gasteiger partial charge < -0.3 is 26.3 Å². The molecule has 1 amide bonds. The first-order valence-electron chi connectivity index (χ1n) is 11.4. The second-order valence-electron chi connectivity index (χ2n) is 8.04. The van der Waals surface area contributed by atoms with Crippen molar-refractivity contribution in [3.05, 3.63) is 40.6 Å². The fraction of sp³-hybridized carbons (Fsp3) is 0.520. The number of primary amides is 1. The lowest BCUT2D eigenvalue weighted by atomic mass is 9.95. The highest BCUT2D eigenvalue weighted by Crippen LogP contribution is 2.29. The van der Waals surface area contributed by atoms with Crippen molar-refractivity contribution in [1.29, 1.82) is 0 Å². The fourth-order valence-electron chi connectivity index (χ4n) is 4.01. The molecular formula is C25H38N4O3. The molecule has 0 atom stereocenters. The number of hydrogen-bond acceptors (Lipinski definition) is 6. The quantitative estimate of drug-likeness (QED) is 0.438. The SMILES string of the molecule is CCCC1CCOCC1.CCOc1ccc2c(c1)NCC(C(=NC)/C(C(N)=O)=C(\C)N)=C2. The van der Waals surface area contributed by atoms with Gasteiger partial charge in [-0.15, -0.1) is 0 Å². The van der Waals surface area contributed by atoms with Gasteiger partial charge in [0.15, 0.2) is 0 Å². The van der Waals surface area contributed by atoms with E-state index in [1.165, 1.54) is 25.7 Å². The molecule has 2 aliphatic rings. The minimum Gasteiger partial charge on any atom is -0.494 e. The molecule has 5 N–H and O–H groups in total. The lowest BCUT2D eigenvalue weighted by Crippen LogP contribution is -2.28. The third-order valence-corrected chi connectivity index (χ3v) is 5.58. The lowest BCUT2D eigenvalue weighted by molar-refractivity contribution is -0.114. The van der Waals surface area contributed by atoms with Gasteiger partial charge in [0.2, 0.25) is 0 Å². The van der Waals surface area contributed by atoms with Crippen molar-refractivity contribution in [3.63, 3.8) is 0 Å². The minimum atomic E-state index is -0.580. The molecule has 0 aromatic heterocycles. The molecule has 32 heavy (non-hydrogen) atoms. The number of allylic oxidation sites excluding steroid dienone is 1. The second-order valence-corrected chi connectivity index (χ2v) is 8.04. The molecule has 1 saturated heterocycles. The van der Waals surface area contributed by atoms with E-state index >= 15 is 0 Å². The highest BCUT2D eigenvalue weighted by atomic mass is 16.5. The Kier molecular flexibility index (Phi) is 10.3. The van der Waals surface area contributed by atoms with Crippen LogP contribution in [-0.2, 0) is 9.53 Å². The Morgan fingerprint density at radius 3 is 2.53 bits per heavy atom. The van der Waals surface area contributed by atoms with Crippen molar-refractivity contribution < 1.29 is 14.3 Å². The molecule has 176 valence electrons. The average Bonchev–Trinajstić information content (AvgIpc) is 2.78. The van der Waals surface area contributed by atoms with Crippen LogP contribution in [0.4, 0.5) is 5.69 Å². The molecule has 0 radical (unpaired) electrons. The molecule has 0 saturated carbocycles. The molecular weight excluding hydrogens is 404 g/mol. The molecule has 0 spiro atoms. The van der Waals surface area contributed by atoms with Gasteiger partial charge in [-0.1, -0.05) is 19.8 Å². The van der Waals surface area contributed by atoms with Crippen molar-refractivity contribution >= 4 is 23.4 Å². The molecule has 1 fully saturated rings.